The highest BCUT2D eigenvalue weighted by atomic mass is 35.5. The molecular formula is C22H44ClNO2. The summed E-state index contributed by atoms with van der Waals surface area (Å²) in [6.45, 7) is 8.23. The standard InChI is InChI=1S/C22H43NO2.ClH/c1-4-6-7-8-9-10-11-12-13-14-15-16-17-18-19-23(3)20-21-25-22(24)5-2;/h5H,2,4,6-21H2,1,3H3;1H. The number of unbranched alkanes of at least 4 members (excludes halogenated alkanes) is 13. The summed E-state index contributed by atoms with van der Waals surface area (Å²) < 4.78 is 5.01. The average Bonchev–Trinajstić information content (AvgIpc) is 2.61. The van der Waals surface area contributed by atoms with Crippen molar-refractivity contribution in [3.63, 3.8) is 0 Å². The fourth-order valence-electron chi connectivity index (χ4n) is 3.13. The number of esters is 1. The van der Waals surface area contributed by atoms with E-state index in [4.69, 9.17) is 4.74 Å². The molecule has 0 saturated carbocycles. The molecule has 4 heteroatoms. The lowest BCUT2D eigenvalue weighted by Gasteiger charge is -2.13. The zero-order valence-electron chi connectivity index (χ0n) is 17.5. The Kier molecular flexibility index (Phi) is 24.0. The van der Waals surface area contributed by atoms with Gasteiger partial charge >= 0.3 is 5.97 Å². The minimum atomic E-state index is -0.315. The Balaban J connectivity index is 0. The molecule has 0 aromatic carbocycles. The molecule has 0 rings (SSSR count). The predicted molar refractivity (Wildman–Crippen MR) is 108 cm³/mol. The number of quaternary nitrogens is 1. The van der Waals surface area contributed by atoms with Gasteiger partial charge in [-0.1, -0.05) is 90.6 Å². The van der Waals surface area contributed by atoms with Gasteiger partial charge in [-0.05, 0) is 12.8 Å². The van der Waals surface area contributed by atoms with Crippen molar-refractivity contribution in [1.82, 2.24) is 0 Å². The normalized spacial score (nSPS) is 11.6. The Labute approximate surface area is 169 Å². The van der Waals surface area contributed by atoms with Crippen LogP contribution in [0.4, 0.5) is 0 Å². The molecule has 0 amide bonds. The second kappa shape index (κ2) is 22.5. The first-order valence-electron chi connectivity index (χ1n) is 10.8. The van der Waals surface area contributed by atoms with E-state index in [1.807, 2.05) is 0 Å². The molecule has 156 valence electrons. The Bertz CT molecular complexity index is 311. The van der Waals surface area contributed by atoms with Crippen molar-refractivity contribution in [3.05, 3.63) is 12.7 Å². The Hall–Kier alpha value is -0.540. The summed E-state index contributed by atoms with van der Waals surface area (Å²) in [6.07, 6.45) is 20.9. The topological polar surface area (TPSA) is 30.7 Å². The second-order valence-corrected chi connectivity index (χ2v) is 7.42. The Morgan fingerprint density at radius 2 is 1.23 bits per heavy atom. The summed E-state index contributed by atoms with van der Waals surface area (Å²) in [4.78, 5) is 12.4. The maximum Gasteiger partial charge on any atom is 0.330 e. The highest BCUT2D eigenvalue weighted by Crippen LogP contribution is 2.12. The van der Waals surface area contributed by atoms with Gasteiger partial charge in [-0.15, -0.1) is 0 Å². The van der Waals surface area contributed by atoms with Crippen molar-refractivity contribution < 1.29 is 26.8 Å². The number of likely N-dealkylation sites (N-methyl/N-ethyl adjacent to an activating group) is 1. The van der Waals surface area contributed by atoms with Gasteiger partial charge in [-0.2, -0.15) is 0 Å². The van der Waals surface area contributed by atoms with E-state index in [2.05, 4.69) is 20.6 Å². The smallest absolute Gasteiger partial charge is 0.330 e. The van der Waals surface area contributed by atoms with Crippen LogP contribution in [-0.4, -0.2) is 32.7 Å². The lowest BCUT2D eigenvalue weighted by molar-refractivity contribution is -0.880. The van der Waals surface area contributed by atoms with Gasteiger partial charge in [0.05, 0.1) is 13.6 Å². The summed E-state index contributed by atoms with van der Waals surface area (Å²) in [5.41, 5.74) is 0. The summed E-state index contributed by atoms with van der Waals surface area (Å²) in [5.74, 6) is -0.315. The van der Waals surface area contributed by atoms with Crippen molar-refractivity contribution in [2.45, 2.75) is 96.8 Å². The van der Waals surface area contributed by atoms with Gasteiger partial charge in [-0.3, -0.25) is 0 Å². The molecule has 3 nitrogen and oxygen atoms in total. The molecule has 0 aliphatic carbocycles. The maximum atomic E-state index is 10.9. The molecular weight excluding hydrogens is 346 g/mol. The van der Waals surface area contributed by atoms with Gasteiger partial charge in [0.1, 0.15) is 13.2 Å². The van der Waals surface area contributed by atoms with Crippen LogP contribution in [-0.2, 0) is 9.53 Å². The van der Waals surface area contributed by atoms with Gasteiger partial charge in [0.15, 0.2) is 0 Å². The van der Waals surface area contributed by atoms with E-state index in [0.29, 0.717) is 6.61 Å². The van der Waals surface area contributed by atoms with Crippen LogP contribution in [0.5, 0.6) is 0 Å². The number of carbonyl (C=O) groups excluding carboxylic acids is 1. The van der Waals surface area contributed by atoms with Crippen molar-refractivity contribution in [3.8, 4) is 0 Å². The van der Waals surface area contributed by atoms with Gasteiger partial charge in [0, 0.05) is 6.08 Å². The zero-order chi connectivity index (χ0) is 18.6. The third kappa shape index (κ3) is 21.5. The monoisotopic (exact) mass is 389 g/mol. The molecule has 0 aliphatic heterocycles. The third-order valence-electron chi connectivity index (χ3n) is 4.90. The van der Waals surface area contributed by atoms with E-state index in [1.54, 1.807) is 0 Å². The quantitative estimate of drug-likeness (QED) is 0.207. The van der Waals surface area contributed by atoms with Crippen LogP contribution in [0.25, 0.3) is 0 Å². The molecule has 0 aromatic heterocycles. The summed E-state index contributed by atoms with van der Waals surface area (Å²) >= 11 is 0. The van der Waals surface area contributed by atoms with Crippen LogP contribution in [0, 0.1) is 0 Å². The van der Waals surface area contributed by atoms with Crippen molar-refractivity contribution >= 4 is 5.97 Å². The maximum absolute atomic E-state index is 10.9. The summed E-state index contributed by atoms with van der Waals surface area (Å²) in [7, 11) is 2.17. The number of halogens is 1. The van der Waals surface area contributed by atoms with E-state index in [1.165, 1.54) is 107 Å². The van der Waals surface area contributed by atoms with Crippen molar-refractivity contribution in [2.75, 3.05) is 26.7 Å². The molecule has 0 aliphatic rings. The van der Waals surface area contributed by atoms with Crippen LogP contribution in [0.1, 0.15) is 96.8 Å². The first kappa shape index (κ1) is 27.7. The number of hydrogen-bond acceptors (Lipinski definition) is 2. The molecule has 0 bridgehead atoms. The zero-order valence-corrected chi connectivity index (χ0v) is 18.3. The molecule has 0 fully saturated rings. The van der Waals surface area contributed by atoms with Crippen LogP contribution in [0.2, 0.25) is 0 Å². The molecule has 0 heterocycles. The number of hydrogen-bond donors (Lipinski definition) is 1. The fourth-order valence-corrected chi connectivity index (χ4v) is 3.13. The molecule has 0 spiro atoms. The lowest BCUT2D eigenvalue weighted by Crippen LogP contribution is -3.09. The largest absolute Gasteiger partial charge is 1.00 e. The molecule has 0 saturated heterocycles. The Morgan fingerprint density at radius 1 is 0.808 bits per heavy atom. The molecule has 1 N–H and O–H groups in total. The molecule has 1 atom stereocenters. The van der Waals surface area contributed by atoms with Gasteiger partial charge in [-0.25, -0.2) is 4.79 Å². The van der Waals surface area contributed by atoms with Crippen molar-refractivity contribution in [1.29, 1.82) is 0 Å². The first-order chi connectivity index (χ1) is 12.2. The van der Waals surface area contributed by atoms with E-state index in [9.17, 15) is 4.79 Å². The molecule has 1 unspecified atom stereocenters. The minimum Gasteiger partial charge on any atom is -1.00 e. The van der Waals surface area contributed by atoms with Crippen LogP contribution in [0.15, 0.2) is 12.7 Å². The molecule has 26 heavy (non-hydrogen) atoms. The number of nitrogens with one attached hydrogen (secondary N) is 1. The summed E-state index contributed by atoms with van der Waals surface area (Å²) in [6, 6.07) is 0. The highest BCUT2D eigenvalue weighted by Gasteiger charge is 2.03. The van der Waals surface area contributed by atoms with Crippen molar-refractivity contribution in [2.24, 2.45) is 0 Å². The number of ether oxygens (including phenoxy) is 1. The van der Waals surface area contributed by atoms with Crippen LogP contribution < -0.4 is 17.3 Å². The summed E-state index contributed by atoms with van der Waals surface area (Å²) in [5, 5.41) is 0. The minimum absolute atomic E-state index is 0. The predicted octanol–water partition coefficient (Wildman–Crippen LogP) is 1.72. The molecule has 0 radical (unpaired) electrons. The van der Waals surface area contributed by atoms with Crippen LogP contribution in [0.3, 0.4) is 0 Å². The highest BCUT2D eigenvalue weighted by molar-refractivity contribution is 5.81. The third-order valence-corrected chi connectivity index (χ3v) is 4.90. The first-order valence-corrected chi connectivity index (χ1v) is 10.8. The van der Waals surface area contributed by atoms with E-state index in [-0.39, 0.29) is 18.4 Å². The van der Waals surface area contributed by atoms with Gasteiger partial charge in [0.25, 0.3) is 0 Å². The fraction of sp³-hybridized carbons (Fsp3) is 0.864. The SMILES string of the molecule is C=CC(=O)OCC[NH+](C)CCCCCCCCCCCCCCCC.[Cl-]. The van der Waals surface area contributed by atoms with E-state index < -0.39 is 0 Å². The molecule has 0 aromatic rings. The van der Waals surface area contributed by atoms with Gasteiger partial charge in [0.2, 0.25) is 0 Å². The lowest BCUT2D eigenvalue weighted by atomic mass is 10.0. The van der Waals surface area contributed by atoms with E-state index >= 15 is 0 Å². The number of carbonyl (C=O) groups is 1. The van der Waals surface area contributed by atoms with Gasteiger partial charge < -0.3 is 22.0 Å². The number of rotatable bonds is 19. The average molecular weight is 390 g/mol. The van der Waals surface area contributed by atoms with E-state index in [0.717, 1.165) is 6.54 Å². The Morgan fingerprint density at radius 3 is 1.65 bits per heavy atom. The van der Waals surface area contributed by atoms with Crippen LogP contribution >= 0.6 is 0 Å². The second-order valence-electron chi connectivity index (χ2n) is 7.42.